The number of aromatic amines is 1. The van der Waals surface area contributed by atoms with Gasteiger partial charge in [0.2, 0.25) is 0 Å². The summed E-state index contributed by atoms with van der Waals surface area (Å²) in [4.78, 5) is 44.8. The number of piperazine rings is 1. The number of para-hydroxylation sites is 1. The molecule has 1 saturated heterocycles. The van der Waals surface area contributed by atoms with Crippen LogP contribution in [0, 0.1) is 0 Å². The van der Waals surface area contributed by atoms with E-state index in [1.54, 1.807) is 53.6 Å². The Balaban J connectivity index is 1.58. The smallest absolute Gasteiger partial charge is 0.295 e. The lowest BCUT2D eigenvalue weighted by molar-refractivity contribution is -0.127. The molecular weight excluding hydrogens is 368 g/mol. The molecule has 1 fully saturated rings. The molecule has 29 heavy (non-hydrogen) atoms. The van der Waals surface area contributed by atoms with Crippen molar-refractivity contribution in [3.05, 3.63) is 65.9 Å². The van der Waals surface area contributed by atoms with Gasteiger partial charge in [-0.05, 0) is 25.2 Å². The highest BCUT2D eigenvalue weighted by atomic mass is 16.2. The van der Waals surface area contributed by atoms with Crippen LogP contribution in [0.3, 0.4) is 0 Å². The standard InChI is InChI=1S/C22H22N4O3/c1-25-10-12-26(13-11-25)22(29)20(27)17-14-23-19-16(17)8-5-9-18(19)24-21(28)15-6-3-2-4-7-15/h2-9,14,23H,10-13H2,1H3,(H,24,28). The van der Waals surface area contributed by atoms with E-state index in [4.69, 9.17) is 0 Å². The lowest BCUT2D eigenvalue weighted by atomic mass is 10.1. The van der Waals surface area contributed by atoms with Crippen molar-refractivity contribution in [2.24, 2.45) is 0 Å². The van der Waals surface area contributed by atoms with Gasteiger partial charge < -0.3 is 20.1 Å². The number of likely N-dealkylation sites (N-methyl/N-ethyl adjacent to an activating group) is 1. The molecule has 3 aromatic rings. The molecule has 2 amide bonds. The zero-order chi connectivity index (χ0) is 20.4. The van der Waals surface area contributed by atoms with Crippen LogP contribution in [0.5, 0.6) is 0 Å². The molecule has 1 aromatic heterocycles. The quantitative estimate of drug-likeness (QED) is 0.529. The number of fused-ring (bicyclic) bond motifs is 1. The van der Waals surface area contributed by atoms with Crippen LogP contribution >= 0.6 is 0 Å². The van der Waals surface area contributed by atoms with Crippen molar-refractivity contribution in [2.45, 2.75) is 0 Å². The number of benzene rings is 2. The van der Waals surface area contributed by atoms with E-state index in [1.807, 2.05) is 13.1 Å². The maximum atomic E-state index is 12.8. The SMILES string of the molecule is CN1CCN(C(=O)C(=O)c2c[nH]c3c(NC(=O)c4ccccc4)cccc23)CC1. The van der Waals surface area contributed by atoms with Crippen LogP contribution in [0.4, 0.5) is 5.69 Å². The topological polar surface area (TPSA) is 85.5 Å². The van der Waals surface area contributed by atoms with Gasteiger partial charge in [-0.1, -0.05) is 30.3 Å². The lowest BCUT2D eigenvalue weighted by Gasteiger charge is -2.31. The Bertz CT molecular complexity index is 1070. The largest absolute Gasteiger partial charge is 0.359 e. The van der Waals surface area contributed by atoms with E-state index in [1.165, 1.54) is 0 Å². The molecule has 0 radical (unpaired) electrons. The first-order valence-corrected chi connectivity index (χ1v) is 9.53. The second-order valence-electron chi connectivity index (χ2n) is 7.18. The van der Waals surface area contributed by atoms with Gasteiger partial charge in [0.25, 0.3) is 17.6 Å². The number of nitrogens with one attached hydrogen (secondary N) is 2. The molecule has 0 atom stereocenters. The molecule has 7 heteroatoms. The molecule has 0 aliphatic carbocycles. The number of amides is 2. The van der Waals surface area contributed by atoms with E-state index in [-0.39, 0.29) is 5.91 Å². The first-order valence-electron chi connectivity index (χ1n) is 9.53. The molecule has 0 unspecified atom stereocenters. The van der Waals surface area contributed by atoms with E-state index >= 15 is 0 Å². The number of carbonyl (C=O) groups is 3. The van der Waals surface area contributed by atoms with Crippen molar-refractivity contribution in [3.8, 4) is 0 Å². The van der Waals surface area contributed by atoms with Crippen molar-refractivity contribution < 1.29 is 14.4 Å². The normalized spacial score (nSPS) is 14.7. The maximum absolute atomic E-state index is 12.8. The summed E-state index contributed by atoms with van der Waals surface area (Å²) in [7, 11) is 1.99. The zero-order valence-electron chi connectivity index (χ0n) is 16.1. The minimum atomic E-state index is -0.535. The van der Waals surface area contributed by atoms with Crippen LogP contribution in [0.15, 0.2) is 54.7 Å². The summed E-state index contributed by atoms with van der Waals surface area (Å²) in [5, 5.41) is 3.48. The molecule has 4 rings (SSSR count). The van der Waals surface area contributed by atoms with Gasteiger partial charge in [-0.3, -0.25) is 14.4 Å². The van der Waals surface area contributed by atoms with Crippen molar-refractivity contribution in [2.75, 3.05) is 38.5 Å². The van der Waals surface area contributed by atoms with E-state index in [0.29, 0.717) is 40.8 Å². The van der Waals surface area contributed by atoms with Crippen LogP contribution < -0.4 is 5.32 Å². The fourth-order valence-corrected chi connectivity index (χ4v) is 3.50. The average molecular weight is 390 g/mol. The second kappa shape index (κ2) is 7.89. The van der Waals surface area contributed by atoms with Gasteiger partial charge in [0.15, 0.2) is 0 Å². The third-order valence-electron chi connectivity index (χ3n) is 5.23. The van der Waals surface area contributed by atoms with E-state index in [2.05, 4.69) is 15.2 Å². The van der Waals surface area contributed by atoms with Crippen LogP contribution in [-0.2, 0) is 4.79 Å². The molecule has 7 nitrogen and oxygen atoms in total. The fraction of sp³-hybridized carbons (Fsp3) is 0.227. The van der Waals surface area contributed by atoms with Gasteiger partial charge in [0.05, 0.1) is 16.8 Å². The third-order valence-corrected chi connectivity index (χ3v) is 5.23. The van der Waals surface area contributed by atoms with Crippen LogP contribution in [0.1, 0.15) is 20.7 Å². The number of aromatic nitrogens is 1. The number of rotatable bonds is 4. The molecule has 0 spiro atoms. The van der Waals surface area contributed by atoms with Gasteiger partial charge in [0, 0.05) is 43.3 Å². The summed E-state index contributed by atoms with van der Waals surface area (Å²) in [5.41, 5.74) is 2.03. The summed E-state index contributed by atoms with van der Waals surface area (Å²) in [5.74, 6) is -1.26. The minimum Gasteiger partial charge on any atom is -0.359 e. The number of hydrogen-bond donors (Lipinski definition) is 2. The van der Waals surface area contributed by atoms with E-state index in [0.717, 1.165) is 13.1 Å². The predicted octanol–water partition coefficient (Wildman–Crippen LogP) is 2.38. The van der Waals surface area contributed by atoms with Crippen molar-refractivity contribution in [3.63, 3.8) is 0 Å². The highest BCUT2D eigenvalue weighted by molar-refractivity contribution is 6.45. The first kappa shape index (κ1) is 18.9. The third kappa shape index (κ3) is 3.77. The van der Waals surface area contributed by atoms with E-state index in [9.17, 15) is 14.4 Å². The Morgan fingerprint density at radius 3 is 2.38 bits per heavy atom. The maximum Gasteiger partial charge on any atom is 0.295 e. The van der Waals surface area contributed by atoms with Crippen LogP contribution in [-0.4, -0.2) is 65.6 Å². The summed E-state index contributed by atoms with van der Waals surface area (Å²) in [6, 6.07) is 14.2. The molecular formula is C22H22N4O3. The monoisotopic (exact) mass is 390 g/mol. The Hall–Kier alpha value is -3.45. The number of Topliss-reactive ketones (excluding diaryl/α,β-unsaturated/α-hetero) is 1. The first-order chi connectivity index (χ1) is 14.0. The van der Waals surface area contributed by atoms with Crippen LogP contribution in [0.25, 0.3) is 10.9 Å². The molecule has 0 bridgehead atoms. The number of anilines is 1. The van der Waals surface area contributed by atoms with E-state index < -0.39 is 11.7 Å². The van der Waals surface area contributed by atoms with Gasteiger partial charge >= 0.3 is 0 Å². The minimum absolute atomic E-state index is 0.242. The Kier molecular flexibility index (Phi) is 5.14. The van der Waals surface area contributed by atoms with Gasteiger partial charge in [-0.2, -0.15) is 0 Å². The number of carbonyl (C=O) groups excluding carboxylic acids is 3. The zero-order valence-corrected chi connectivity index (χ0v) is 16.1. The molecule has 0 saturated carbocycles. The summed E-state index contributed by atoms with van der Waals surface area (Å²) in [6.45, 7) is 2.59. The Labute approximate surface area is 168 Å². The average Bonchev–Trinajstić information content (AvgIpc) is 3.19. The molecule has 2 N–H and O–H groups in total. The van der Waals surface area contributed by atoms with Gasteiger partial charge in [-0.15, -0.1) is 0 Å². The Morgan fingerprint density at radius 2 is 1.66 bits per heavy atom. The van der Waals surface area contributed by atoms with Gasteiger partial charge in [0.1, 0.15) is 0 Å². The molecule has 148 valence electrons. The number of hydrogen-bond acceptors (Lipinski definition) is 4. The molecule has 1 aliphatic heterocycles. The molecule has 2 aromatic carbocycles. The predicted molar refractivity (Wildman–Crippen MR) is 111 cm³/mol. The lowest BCUT2D eigenvalue weighted by Crippen LogP contribution is -2.49. The molecule has 1 aliphatic rings. The number of H-pyrrole nitrogens is 1. The van der Waals surface area contributed by atoms with Gasteiger partial charge in [-0.25, -0.2) is 0 Å². The summed E-state index contributed by atoms with van der Waals surface area (Å²) < 4.78 is 0. The number of nitrogens with zero attached hydrogens (tertiary/aromatic N) is 2. The van der Waals surface area contributed by atoms with Crippen molar-refractivity contribution in [1.82, 2.24) is 14.8 Å². The highest BCUT2D eigenvalue weighted by Gasteiger charge is 2.27. The van der Waals surface area contributed by atoms with Crippen molar-refractivity contribution >= 4 is 34.2 Å². The Morgan fingerprint density at radius 1 is 0.931 bits per heavy atom. The highest BCUT2D eigenvalue weighted by Crippen LogP contribution is 2.26. The van der Waals surface area contributed by atoms with Crippen LogP contribution in [0.2, 0.25) is 0 Å². The number of ketones is 1. The summed E-state index contributed by atoms with van der Waals surface area (Å²) in [6.07, 6.45) is 1.54. The molecule has 2 heterocycles. The fourth-order valence-electron chi connectivity index (χ4n) is 3.50. The second-order valence-corrected chi connectivity index (χ2v) is 7.18. The van der Waals surface area contributed by atoms with Crippen molar-refractivity contribution in [1.29, 1.82) is 0 Å². The summed E-state index contributed by atoms with van der Waals surface area (Å²) >= 11 is 0.